The largest absolute Gasteiger partial charge is 0.394 e. The Morgan fingerprint density at radius 1 is 1.69 bits per heavy atom. The van der Waals surface area contributed by atoms with E-state index in [1.165, 1.54) is 6.92 Å². The van der Waals surface area contributed by atoms with Crippen molar-refractivity contribution in [1.29, 1.82) is 0 Å². The van der Waals surface area contributed by atoms with Gasteiger partial charge in [0.05, 0.1) is 25.4 Å². The van der Waals surface area contributed by atoms with Crippen molar-refractivity contribution >= 4 is 5.91 Å². The fourth-order valence-electron chi connectivity index (χ4n) is 1.42. The Bertz CT molecular complexity index is 185. The minimum atomic E-state index is -0.699. The Morgan fingerprint density at radius 2 is 2.38 bits per heavy atom. The van der Waals surface area contributed by atoms with E-state index in [-0.39, 0.29) is 18.6 Å². The van der Waals surface area contributed by atoms with Crippen molar-refractivity contribution in [3.8, 4) is 0 Å². The van der Waals surface area contributed by atoms with Crippen LogP contribution in [0.1, 0.15) is 13.3 Å². The molecule has 0 aromatic carbocycles. The minimum Gasteiger partial charge on any atom is -0.394 e. The summed E-state index contributed by atoms with van der Waals surface area (Å²) in [5.74, 6) is -0.136. The summed E-state index contributed by atoms with van der Waals surface area (Å²) in [6, 6.07) is -0.143. The maximum absolute atomic E-state index is 10.7. The molecule has 76 valence electrons. The maximum Gasteiger partial charge on any atom is 0.217 e. The number of carbonyl (C=O) groups excluding carboxylic acids is 1. The van der Waals surface area contributed by atoms with Gasteiger partial charge in [-0.1, -0.05) is 0 Å². The van der Waals surface area contributed by atoms with E-state index < -0.39 is 12.2 Å². The van der Waals surface area contributed by atoms with Crippen LogP contribution in [0.15, 0.2) is 0 Å². The Balaban J connectivity index is 2.36. The molecule has 5 heteroatoms. The molecule has 0 spiro atoms. The summed E-state index contributed by atoms with van der Waals surface area (Å²) in [5.41, 5.74) is 0. The molecule has 3 N–H and O–H groups in total. The number of hydrogen-bond acceptors (Lipinski definition) is 4. The molecule has 0 bridgehead atoms. The van der Waals surface area contributed by atoms with Crippen LogP contribution < -0.4 is 5.32 Å². The molecule has 5 nitrogen and oxygen atoms in total. The highest BCUT2D eigenvalue weighted by Gasteiger charge is 2.29. The van der Waals surface area contributed by atoms with E-state index >= 15 is 0 Å². The molecule has 0 aliphatic carbocycles. The molecule has 0 aromatic rings. The molecule has 1 rings (SSSR count). The zero-order valence-electron chi connectivity index (χ0n) is 7.56. The first-order valence-corrected chi connectivity index (χ1v) is 4.31. The molecule has 1 heterocycles. The van der Waals surface area contributed by atoms with E-state index in [1.807, 2.05) is 0 Å². The topological polar surface area (TPSA) is 78.8 Å². The van der Waals surface area contributed by atoms with Crippen LogP contribution in [0.4, 0.5) is 0 Å². The van der Waals surface area contributed by atoms with Gasteiger partial charge in [0, 0.05) is 6.92 Å². The van der Waals surface area contributed by atoms with Crippen molar-refractivity contribution in [2.75, 3.05) is 13.2 Å². The molecular weight excluding hydrogens is 174 g/mol. The summed E-state index contributed by atoms with van der Waals surface area (Å²) in [5, 5.41) is 20.8. The molecule has 0 radical (unpaired) electrons. The van der Waals surface area contributed by atoms with E-state index in [0.717, 1.165) is 0 Å². The average Bonchev–Trinajstić information content (AvgIpc) is 2.03. The molecule has 0 aromatic heterocycles. The predicted molar refractivity (Wildman–Crippen MR) is 45.1 cm³/mol. The van der Waals surface area contributed by atoms with Crippen LogP contribution in [0, 0.1) is 0 Å². The average molecular weight is 189 g/mol. The SMILES string of the molecule is CC(=O)N[C@H]1CO[C@H](CO)[C@H](O)C1. The number of hydrogen-bond donors (Lipinski definition) is 3. The lowest BCUT2D eigenvalue weighted by Crippen LogP contribution is -2.49. The molecular formula is C8H15NO4. The second-order valence-corrected chi connectivity index (χ2v) is 3.25. The summed E-state index contributed by atoms with van der Waals surface area (Å²) < 4.78 is 5.14. The fourth-order valence-corrected chi connectivity index (χ4v) is 1.42. The van der Waals surface area contributed by atoms with E-state index in [0.29, 0.717) is 13.0 Å². The summed E-state index contributed by atoms with van der Waals surface area (Å²) in [6.07, 6.45) is -0.772. The third kappa shape index (κ3) is 2.95. The standard InChI is InChI=1S/C8H15NO4/c1-5(11)9-6-2-7(12)8(3-10)13-4-6/h6-8,10,12H,2-4H2,1H3,(H,9,11)/t6-,7-,8-/m1/s1. The van der Waals surface area contributed by atoms with E-state index in [9.17, 15) is 9.90 Å². The normalized spacial score (nSPS) is 34.2. The number of carbonyl (C=O) groups is 1. The Hall–Kier alpha value is -0.650. The van der Waals surface area contributed by atoms with Crippen LogP contribution in [0.3, 0.4) is 0 Å². The van der Waals surface area contributed by atoms with Crippen molar-refractivity contribution in [1.82, 2.24) is 5.32 Å². The summed E-state index contributed by atoms with van der Waals surface area (Å²) in [4.78, 5) is 10.7. The van der Waals surface area contributed by atoms with E-state index in [4.69, 9.17) is 9.84 Å². The highest BCUT2D eigenvalue weighted by molar-refractivity contribution is 5.73. The van der Waals surface area contributed by atoms with E-state index in [2.05, 4.69) is 5.32 Å². The molecule has 1 fully saturated rings. The third-order valence-corrected chi connectivity index (χ3v) is 2.05. The van der Waals surface area contributed by atoms with Crippen LogP contribution in [0.2, 0.25) is 0 Å². The van der Waals surface area contributed by atoms with Crippen molar-refractivity contribution in [3.05, 3.63) is 0 Å². The molecule has 1 aliphatic rings. The van der Waals surface area contributed by atoms with Gasteiger partial charge in [-0.3, -0.25) is 4.79 Å². The lowest BCUT2D eigenvalue weighted by molar-refractivity contribution is -0.127. The van der Waals surface area contributed by atoms with Crippen LogP contribution in [0.25, 0.3) is 0 Å². The van der Waals surface area contributed by atoms with Crippen molar-refractivity contribution in [2.45, 2.75) is 31.6 Å². The van der Waals surface area contributed by atoms with Gasteiger partial charge < -0.3 is 20.3 Å². The summed E-state index contributed by atoms with van der Waals surface area (Å²) >= 11 is 0. The molecule has 0 saturated carbocycles. The van der Waals surface area contributed by atoms with Crippen LogP contribution in [0.5, 0.6) is 0 Å². The van der Waals surface area contributed by atoms with Crippen molar-refractivity contribution < 1.29 is 19.7 Å². The monoisotopic (exact) mass is 189 g/mol. The molecule has 3 atom stereocenters. The quantitative estimate of drug-likeness (QED) is 0.501. The van der Waals surface area contributed by atoms with E-state index in [1.54, 1.807) is 0 Å². The fraction of sp³-hybridized carbons (Fsp3) is 0.875. The summed E-state index contributed by atoms with van der Waals surface area (Å²) in [7, 11) is 0. The smallest absolute Gasteiger partial charge is 0.217 e. The van der Waals surface area contributed by atoms with Gasteiger partial charge in [0.2, 0.25) is 5.91 Å². The highest BCUT2D eigenvalue weighted by atomic mass is 16.5. The summed E-state index contributed by atoms with van der Waals surface area (Å²) in [6.45, 7) is 1.58. The lowest BCUT2D eigenvalue weighted by atomic mass is 10.0. The zero-order valence-corrected chi connectivity index (χ0v) is 7.56. The van der Waals surface area contributed by atoms with Gasteiger partial charge in [0.15, 0.2) is 0 Å². The number of amides is 1. The Morgan fingerprint density at radius 3 is 2.85 bits per heavy atom. The first-order chi connectivity index (χ1) is 6.13. The predicted octanol–water partition coefficient (Wildman–Crippen LogP) is -1.37. The van der Waals surface area contributed by atoms with Crippen LogP contribution in [-0.4, -0.2) is 47.6 Å². The minimum absolute atomic E-state index is 0.136. The number of rotatable bonds is 2. The molecule has 13 heavy (non-hydrogen) atoms. The van der Waals surface area contributed by atoms with Gasteiger partial charge in [0.1, 0.15) is 6.10 Å². The Labute approximate surface area is 76.7 Å². The van der Waals surface area contributed by atoms with Crippen LogP contribution >= 0.6 is 0 Å². The van der Waals surface area contributed by atoms with Gasteiger partial charge >= 0.3 is 0 Å². The first kappa shape index (κ1) is 10.4. The number of aliphatic hydroxyl groups excluding tert-OH is 2. The zero-order chi connectivity index (χ0) is 9.84. The number of aliphatic hydroxyl groups is 2. The van der Waals surface area contributed by atoms with Crippen molar-refractivity contribution in [2.24, 2.45) is 0 Å². The lowest BCUT2D eigenvalue weighted by Gasteiger charge is -2.32. The van der Waals surface area contributed by atoms with Gasteiger partial charge in [-0.15, -0.1) is 0 Å². The highest BCUT2D eigenvalue weighted by Crippen LogP contribution is 2.13. The van der Waals surface area contributed by atoms with Gasteiger partial charge in [-0.05, 0) is 6.42 Å². The molecule has 0 unspecified atom stereocenters. The maximum atomic E-state index is 10.7. The number of ether oxygens (including phenoxy) is 1. The number of nitrogens with one attached hydrogen (secondary N) is 1. The van der Waals surface area contributed by atoms with Crippen LogP contribution in [-0.2, 0) is 9.53 Å². The Kier molecular flexibility index (Phi) is 3.65. The second kappa shape index (κ2) is 4.55. The molecule has 1 aliphatic heterocycles. The van der Waals surface area contributed by atoms with Gasteiger partial charge in [-0.25, -0.2) is 0 Å². The van der Waals surface area contributed by atoms with Crippen molar-refractivity contribution in [3.63, 3.8) is 0 Å². The molecule has 1 saturated heterocycles. The van der Waals surface area contributed by atoms with Gasteiger partial charge in [0.25, 0.3) is 0 Å². The third-order valence-electron chi connectivity index (χ3n) is 2.05. The second-order valence-electron chi connectivity index (χ2n) is 3.25. The first-order valence-electron chi connectivity index (χ1n) is 4.31. The van der Waals surface area contributed by atoms with Gasteiger partial charge in [-0.2, -0.15) is 0 Å². The molecule has 1 amide bonds.